The molecule has 0 aliphatic heterocycles. The summed E-state index contributed by atoms with van der Waals surface area (Å²) in [5.74, 6) is 0.608. The van der Waals surface area contributed by atoms with Gasteiger partial charge in [-0.05, 0) is 62.0 Å². The summed E-state index contributed by atoms with van der Waals surface area (Å²) in [5.41, 5.74) is 4.56. The van der Waals surface area contributed by atoms with Crippen molar-refractivity contribution < 1.29 is 15.0 Å². The Kier molecular flexibility index (Phi) is 7.69. The second-order valence-corrected chi connectivity index (χ2v) is 14.4. The first-order valence-corrected chi connectivity index (χ1v) is 12.8. The highest BCUT2D eigenvalue weighted by Gasteiger charge is 2.32. The fourth-order valence-corrected chi connectivity index (χ4v) is 4.72. The normalized spacial score (nSPS) is 13.4. The van der Waals surface area contributed by atoms with Gasteiger partial charge in [-0.1, -0.05) is 107 Å². The lowest BCUT2D eigenvalue weighted by Crippen LogP contribution is -2.21. The first-order valence-electron chi connectivity index (χ1n) is 12.8. The van der Waals surface area contributed by atoms with Crippen molar-refractivity contribution in [3.8, 4) is 11.5 Å². The number of phenols is 2. The Morgan fingerprint density at radius 1 is 0.600 bits per heavy atom. The third-order valence-corrected chi connectivity index (χ3v) is 6.79. The van der Waals surface area contributed by atoms with E-state index >= 15 is 0 Å². The molecule has 2 rings (SSSR count). The van der Waals surface area contributed by atoms with E-state index < -0.39 is 0 Å². The van der Waals surface area contributed by atoms with E-state index in [1.807, 2.05) is 0 Å². The van der Waals surface area contributed by atoms with E-state index in [4.69, 9.17) is 0 Å². The van der Waals surface area contributed by atoms with Crippen LogP contribution in [0.5, 0.6) is 11.5 Å². The van der Waals surface area contributed by atoms with E-state index in [0.29, 0.717) is 17.9 Å². The van der Waals surface area contributed by atoms with Gasteiger partial charge in [-0.2, -0.15) is 0 Å². The van der Waals surface area contributed by atoms with Crippen LogP contribution in [0.1, 0.15) is 136 Å². The molecule has 0 aliphatic carbocycles. The van der Waals surface area contributed by atoms with Crippen molar-refractivity contribution in [3.05, 3.63) is 57.6 Å². The minimum atomic E-state index is -0.261. The van der Waals surface area contributed by atoms with Gasteiger partial charge < -0.3 is 10.2 Å². The number of carbonyl (C=O) groups is 1. The number of benzene rings is 2. The smallest absolute Gasteiger partial charge is 0.130 e. The summed E-state index contributed by atoms with van der Waals surface area (Å²) >= 11 is 0. The fraction of sp³-hybridized carbons (Fsp3) is 0.594. The van der Waals surface area contributed by atoms with Gasteiger partial charge >= 0.3 is 0 Å². The topological polar surface area (TPSA) is 57.5 Å². The second-order valence-electron chi connectivity index (χ2n) is 14.4. The number of aromatic hydroxyl groups is 2. The molecule has 0 unspecified atom stereocenters. The molecule has 0 aliphatic rings. The van der Waals surface area contributed by atoms with E-state index in [0.717, 1.165) is 33.4 Å². The van der Waals surface area contributed by atoms with Gasteiger partial charge in [0.1, 0.15) is 17.3 Å². The predicted octanol–water partition coefficient (Wildman–Crippen LogP) is 8.40. The van der Waals surface area contributed by atoms with Crippen molar-refractivity contribution in [2.75, 3.05) is 0 Å². The van der Waals surface area contributed by atoms with Gasteiger partial charge in [0.15, 0.2) is 0 Å². The number of rotatable bonds is 4. The maximum atomic E-state index is 12.6. The number of Topliss-reactive ketones (excluding diaryl/α,β-unsaturated/α-hetero) is 1. The molecule has 0 saturated heterocycles. The second kappa shape index (κ2) is 9.30. The molecule has 3 nitrogen and oxygen atoms in total. The minimum Gasteiger partial charge on any atom is -0.507 e. The highest BCUT2D eigenvalue weighted by molar-refractivity contribution is 5.77. The standard InChI is InChI=1S/C32H48O3/c1-19(33)14-22(20-15-23(29(2,3)4)27(34)24(16-20)30(5,6)7)21-17-25(31(8,9)10)28(35)26(18-21)32(11,12)13/h15-18,22,34-35H,14H2,1-13H3. The Balaban J connectivity index is 3.00. The minimum absolute atomic E-state index is 0.111. The van der Waals surface area contributed by atoms with Gasteiger partial charge in [-0.25, -0.2) is 0 Å². The summed E-state index contributed by atoms with van der Waals surface area (Å²) in [4.78, 5) is 12.6. The number of phenolic OH excluding ortho intramolecular Hbond substituents is 2. The average Bonchev–Trinajstić information content (AvgIpc) is 2.62. The maximum Gasteiger partial charge on any atom is 0.130 e. The van der Waals surface area contributed by atoms with Crippen LogP contribution >= 0.6 is 0 Å². The van der Waals surface area contributed by atoms with Crippen LogP contribution in [-0.4, -0.2) is 16.0 Å². The van der Waals surface area contributed by atoms with Crippen LogP contribution in [0.2, 0.25) is 0 Å². The summed E-state index contributed by atoms with van der Waals surface area (Å²) in [6.07, 6.45) is 0.357. The molecule has 0 spiro atoms. The van der Waals surface area contributed by atoms with Gasteiger partial charge in [0, 0.05) is 12.3 Å². The molecule has 2 aromatic rings. The lowest BCUT2D eigenvalue weighted by atomic mass is 9.73. The van der Waals surface area contributed by atoms with Crippen molar-refractivity contribution in [1.29, 1.82) is 0 Å². The van der Waals surface area contributed by atoms with Crippen molar-refractivity contribution in [2.45, 2.75) is 124 Å². The van der Waals surface area contributed by atoms with Gasteiger partial charge in [0.2, 0.25) is 0 Å². The van der Waals surface area contributed by atoms with Gasteiger partial charge in [0.25, 0.3) is 0 Å². The molecule has 0 atom stereocenters. The van der Waals surface area contributed by atoms with Crippen LogP contribution in [0.25, 0.3) is 0 Å². The van der Waals surface area contributed by atoms with E-state index in [2.05, 4.69) is 107 Å². The van der Waals surface area contributed by atoms with Gasteiger partial charge in [0.05, 0.1) is 0 Å². The fourth-order valence-electron chi connectivity index (χ4n) is 4.72. The molecule has 0 bridgehead atoms. The zero-order valence-electron chi connectivity index (χ0n) is 24.4. The Bertz CT molecular complexity index is 942. The Morgan fingerprint density at radius 3 is 1.00 bits per heavy atom. The first kappa shape index (κ1) is 28.9. The molecule has 194 valence electrons. The summed E-state index contributed by atoms with van der Waals surface area (Å²) in [7, 11) is 0. The van der Waals surface area contributed by atoms with Gasteiger partial charge in [-0.15, -0.1) is 0 Å². The number of ketones is 1. The highest BCUT2D eigenvalue weighted by Crippen LogP contribution is 2.46. The summed E-state index contributed by atoms with van der Waals surface area (Å²) in [5, 5.41) is 22.5. The first-order chi connectivity index (χ1) is 15.5. The SMILES string of the molecule is CC(=O)CC(c1cc(C(C)(C)C)c(O)c(C(C)(C)C)c1)c1cc(C(C)(C)C)c(O)c(C(C)(C)C)c1. The lowest BCUT2D eigenvalue weighted by molar-refractivity contribution is -0.117. The number of carbonyl (C=O) groups excluding carboxylic acids is 1. The van der Waals surface area contributed by atoms with E-state index in [-0.39, 0.29) is 33.4 Å². The van der Waals surface area contributed by atoms with Crippen molar-refractivity contribution in [2.24, 2.45) is 0 Å². The zero-order valence-corrected chi connectivity index (χ0v) is 24.4. The van der Waals surface area contributed by atoms with E-state index in [9.17, 15) is 15.0 Å². The largest absolute Gasteiger partial charge is 0.507 e. The van der Waals surface area contributed by atoms with Crippen LogP contribution < -0.4 is 0 Å². The van der Waals surface area contributed by atoms with Crippen LogP contribution in [0.15, 0.2) is 24.3 Å². The summed E-state index contributed by atoms with van der Waals surface area (Å²) in [6.45, 7) is 26.9. The molecule has 2 aromatic carbocycles. The molecule has 0 saturated carbocycles. The lowest BCUT2D eigenvalue weighted by Gasteiger charge is -2.32. The third kappa shape index (κ3) is 6.48. The van der Waals surface area contributed by atoms with Crippen molar-refractivity contribution in [1.82, 2.24) is 0 Å². The Morgan fingerprint density at radius 2 is 0.829 bits per heavy atom. The molecule has 2 N–H and O–H groups in total. The Labute approximate surface area is 214 Å². The Hall–Kier alpha value is -2.29. The summed E-state index contributed by atoms with van der Waals surface area (Å²) < 4.78 is 0. The average molecular weight is 481 g/mol. The highest BCUT2D eigenvalue weighted by atomic mass is 16.3. The molecule has 0 aromatic heterocycles. The number of hydrogen-bond donors (Lipinski definition) is 2. The molecular weight excluding hydrogens is 432 g/mol. The monoisotopic (exact) mass is 480 g/mol. The zero-order chi connectivity index (χ0) is 27.3. The van der Waals surface area contributed by atoms with Crippen LogP contribution in [-0.2, 0) is 26.5 Å². The molecule has 3 heteroatoms. The van der Waals surface area contributed by atoms with E-state index in [1.54, 1.807) is 6.92 Å². The van der Waals surface area contributed by atoms with Gasteiger partial charge in [-0.3, -0.25) is 4.79 Å². The molecule has 0 radical (unpaired) electrons. The quantitative estimate of drug-likeness (QED) is 0.462. The van der Waals surface area contributed by atoms with Crippen LogP contribution in [0.4, 0.5) is 0 Å². The maximum absolute atomic E-state index is 12.6. The molecule has 0 amide bonds. The molecule has 35 heavy (non-hydrogen) atoms. The number of hydrogen-bond acceptors (Lipinski definition) is 3. The van der Waals surface area contributed by atoms with Crippen molar-refractivity contribution in [3.63, 3.8) is 0 Å². The van der Waals surface area contributed by atoms with Crippen LogP contribution in [0.3, 0.4) is 0 Å². The van der Waals surface area contributed by atoms with Crippen molar-refractivity contribution >= 4 is 5.78 Å². The predicted molar refractivity (Wildman–Crippen MR) is 148 cm³/mol. The molecular formula is C32H48O3. The van der Waals surface area contributed by atoms with E-state index in [1.165, 1.54) is 0 Å². The molecule has 0 fully saturated rings. The third-order valence-electron chi connectivity index (χ3n) is 6.79. The summed E-state index contributed by atoms with van der Waals surface area (Å²) in [6, 6.07) is 8.33. The van der Waals surface area contributed by atoms with Crippen LogP contribution in [0, 0.1) is 0 Å². The molecule has 0 heterocycles.